The number of nitrogen functional groups attached to an aromatic ring is 1. The first-order chi connectivity index (χ1) is 8.74. The molecule has 0 amide bonds. The molecular weight excluding hydrogens is 259 g/mol. The van der Waals surface area contributed by atoms with Crippen LogP contribution < -0.4 is 16.6 Å². The summed E-state index contributed by atoms with van der Waals surface area (Å²) in [6.45, 7) is 6.61. The summed E-state index contributed by atoms with van der Waals surface area (Å²) in [5.41, 5.74) is 2.10. The van der Waals surface area contributed by atoms with Crippen LogP contribution in [0.1, 0.15) is 26.6 Å². The molecule has 0 bridgehead atoms. The number of nitrogens with zero attached hydrogens (tertiary/aromatic N) is 2. The van der Waals surface area contributed by atoms with Gasteiger partial charge in [-0.25, -0.2) is 15.8 Å². The van der Waals surface area contributed by atoms with Gasteiger partial charge >= 0.3 is 6.18 Å². The van der Waals surface area contributed by atoms with Gasteiger partial charge in [0.15, 0.2) is 0 Å². The van der Waals surface area contributed by atoms with Crippen molar-refractivity contribution in [2.24, 2.45) is 17.7 Å². The fourth-order valence-electron chi connectivity index (χ4n) is 1.24. The third-order valence-electron chi connectivity index (χ3n) is 2.87. The molecule has 19 heavy (non-hydrogen) atoms. The van der Waals surface area contributed by atoms with E-state index in [4.69, 9.17) is 5.84 Å². The molecule has 0 aliphatic carbocycles. The van der Waals surface area contributed by atoms with Crippen LogP contribution in [0.25, 0.3) is 0 Å². The lowest BCUT2D eigenvalue weighted by Crippen LogP contribution is -2.20. The van der Waals surface area contributed by atoms with Crippen LogP contribution in [0.15, 0.2) is 6.07 Å². The molecule has 0 fully saturated rings. The van der Waals surface area contributed by atoms with Crippen LogP contribution in [-0.4, -0.2) is 16.5 Å². The van der Waals surface area contributed by atoms with Gasteiger partial charge in [-0.3, -0.25) is 0 Å². The Labute approximate surface area is 109 Å². The summed E-state index contributed by atoms with van der Waals surface area (Å²) in [7, 11) is 0. The van der Waals surface area contributed by atoms with Crippen molar-refractivity contribution in [3.63, 3.8) is 0 Å². The fourth-order valence-corrected chi connectivity index (χ4v) is 1.24. The van der Waals surface area contributed by atoms with Crippen molar-refractivity contribution < 1.29 is 13.2 Å². The third kappa shape index (κ3) is 4.55. The van der Waals surface area contributed by atoms with Crippen LogP contribution in [-0.2, 0) is 6.18 Å². The van der Waals surface area contributed by atoms with E-state index >= 15 is 0 Å². The summed E-state index contributed by atoms with van der Waals surface area (Å²) >= 11 is 0. The monoisotopic (exact) mass is 277 g/mol. The number of hydrazine groups is 1. The molecule has 108 valence electrons. The average Bonchev–Trinajstić information content (AvgIpc) is 2.34. The van der Waals surface area contributed by atoms with E-state index in [0.717, 1.165) is 0 Å². The first-order valence-electron chi connectivity index (χ1n) is 5.90. The fraction of sp³-hybridized carbons (Fsp3) is 0.636. The smallest absolute Gasteiger partial charge is 0.370 e. The molecule has 0 spiro atoms. The van der Waals surface area contributed by atoms with Gasteiger partial charge < -0.3 is 10.7 Å². The van der Waals surface area contributed by atoms with Gasteiger partial charge in [0.1, 0.15) is 11.6 Å². The number of anilines is 2. The summed E-state index contributed by atoms with van der Waals surface area (Å²) in [6, 6.07) is 1.34. The molecule has 1 aromatic rings. The van der Waals surface area contributed by atoms with Gasteiger partial charge in [0, 0.05) is 12.6 Å². The zero-order valence-electron chi connectivity index (χ0n) is 11.0. The van der Waals surface area contributed by atoms with Crippen molar-refractivity contribution >= 4 is 11.6 Å². The highest BCUT2D eigenvalue weighted by atomic mass is 19.4. The Hall–Kier alpha value is -1.57. The van der Waals surface area contributed by atoms with E-state index in [1.165, 1.54) is 6.07 Å². The molecule has 1 atom stereocenters. The maximum absolute atomic E-state index is 12.6. The van der Waals surface area contributed by atoms with E-state index in [9.17, 15) is 13.2 Å². The normalized spacial score (nSPS) is 13.5. The number of aromatic nitrogens is 2. The lowest BCUT2D eigenvalue weighted by atomic mass is 9.98. The molecule has 1 heterocycles. The lowest BCUT2D eigenvalue weighted by Gasteiger charge is -2.17. The van der Waals surface area contributed by atoms with Crippen molar-refractivity contribution in [3.05, 3.63) is 11.9 Å². The van der Waals surface area contributed by atoms with Crippen LogP contribution >= 0.6 is 0 Å². The predicted molar refractivity (Wildman–Crippen MR) is 67.3 cm³/mol. The maximum atomic E-state index is 12.6. The van der Waals surface area contributed by atoms with Gasteiger partial charge in [0.05, 0.1) is 0 Å². The molecule has 5 nitrogen and oxygen atoms in total. The lowest BCUT2D eigenvalue weighted by molar-refractivity contribution is -0.144. The van der Waals surface area contributed by atoms with E-state index in [0.29, 0.717) is 18.4 Å². The van der Waals surface area contributed by atoms with Crippen LogP contribution in [0, 0.1) is 11.8 Å². The van der Waals surface area contributed by atoms with Crippen molar-refractivity contribution in [2.75, 3.05) is 17.3 Å². The summed E-state index contributed by atoms with van der Waals surface area (Å²) in [4.78, 5) is 6.71. The number of alkyl halides is 3. The Morgan fingerprint density at radius 2 is 1.79 bits per heavy atom. The SMILES string of the molecule is CC(C)C(C)CNc1cc(NN)nc(C(F)(F)F)n1. The minimum Gasteiger partial charge on any atom is -0.370 e. The molecule has 0 saturated heterocycles. The first-order valence-corrected chi connectivity index (χ1v) is 5.90. The van der Waals surface area contributed by atoms with Crippen LogP contribution in [0.3, 0.4) is 0 Å². The molecule has 0 saturated carbocycles. The highest BCUT2D eigenvalue weighted by molar-refractivity contribution is 5.47. The van der Waals surface area contributed by atoms with Gasteiger partial charge in [0.25, 0.3) is 0 Å². The molecule has 4 N–H and O–H groups in total. The van der Waals surface area contributed by atoms with Crippen LogP contribution in [0.4, 0.5) is 24.8 Å². The zero-order chi connectivity index (χ0) is 14.6. The number of rotatable bonds is 5. The number of nitrogens with two attached hydrogens (primary N) is 1. The highest BCUT2D eigenvalue weighted by Crippen LogP contribution is 2.28. The van der Waals surface area contributed by atoms with Crippen molar-refractivity contribution in [3.8, 4) is 0 Å². The van der Waals surface area contributed by atoms with Crippen LogP contribution in [0.5, 0.6) is 0 Å². The molecule has 1 rings (SSSR count). The number of hydrogen-bond donors (Lipinski definition) is 3. The Balaban J connectivity index is 2.89. The summed E-state index contributed by atoms with van der Waals surface area (Å²) in [6.07, 6.45) is -4.60. The maximum Gasteiger partial charge on any atom is 0.451 e. The van der Waals surface area contributed by atoms with E-state index in [1.54, 1.807) is 0 Å². The van der Waals surface area contributed by atoms with E-state index < -0.39 is 12.0 Å². The average molecular weight is 277 g/mol. The van der Waals surface area contributed by atoms with Crippen LogP contribution in [0.2, 0.25) is 0 Å². The third-order valence-corrected chi connectivity index (χ3v) is 2.87. The zero-order valence-corrected chi connectivity index (χ0v) is 11.0. The Morgan fingerprint density at radius 3 is 2.26 bits per heavy atom. The second-order valence-electron chi connectivity index (χ2n) is 4.71. The molecule has 0 radical (unpaired) electrons. The first kappa shape index (κ1) is 15.5. The molecule has 1 aromatic heterocycles. The number of hydrogen-bond acceptors (Lipinski definition) is 5. The number of nitrogens with one attached hydrogen (secondary N) is 2. The summed E-state index contributed by atoms with van der Waals surface area (Å²) < 4.78 is 37.8. The minimum atomic E-state index is -4.60. The molecule has 0 aromatic carbocycles. The number of halogens is 3. The van der Waals surface area contributed by atoms with Gasteiger partial charge in [0.2, 0.25) is 5.82 Å². The van der Waals surface area contributed by atoms with E-state index in [2.05, 4.69) is 20.7 Å². The summed E-state index contributed by atoms with van der Waals surface area (Å²) in [5, 5.41) is 2.87. The standard InChI is InChI=1S/C11H18F3N5/c1-6(2)7(3)5-16-8-4-9(19-15)18-10(17-8)11(12,13)14/h4,6-7H,5,15H2,1-3H3,(H2,16,17,18,19). The Bertz CT molecular complexity index is 419. The van der Waals surface area contributed by atoms with Crippen molar-refractivity contribution in [2.45, 2.75) is 26.9 Å². The molecule has 0 aliphatic rings. The molecular formula is C11H18F3N5. The molecule has 8 heteroatoms. The molecule has 1 unspecified atom stereocenters. The second-order valence-corrected chi connectivity index (χ2v) is 4.71. The van der Waals surface area contributed by atoms with Gasteiger partial charge in [-0.2, -0.15) is 13.2 Å². The van der Waals surface area contributed by atoms with Gasteiger partial charge in [-0.05, 0) is 11.8 Å². The van der Waals surface area contributed by atoms with Crippen molar-refractivity contribution in [1.82, 2.24) is 9.97 Å². The second kappa shape index (κ2) is 6.05. The van der Waals surface area contributed by atoms with E-state index in [-0.39, 0.29) is 11.6 Å². The van der Waals surface area contributed by atoms with Crippen molar-refractivity contribution in [1.29, 1.82) is 0 Å². The largest absolute Gasteiger partial charge is 0.451 e. The Kier molecular flexibility index (Phi) is 4.93. The predicted octanol–water partition coefficient (Wildman–Crippen LogP) is 2.48. The molecule has 0 aliphatic heterocycles. The van der Waals surface area contributed by atoms with Gasteiger partial charge in [-0.1, -0.05) is 20.8 Å². The minimum absolute atomic E-state index is 0.0815. The van der Waals surface area contributed by atoms with E-state index in [1.807, 2.05) is 20.8 Å². The quantitative estimate of drug-likeness (QED) is 0.569. The van der Waals surface area contributed by atoms with Gasteiger partial charge in [-0.15, -0.1) is 0 Å². The topological polar surface area (TPSA) is 75.9 Å². The highest BCUT2D eigenvalue weighted by Gasteiger charge is 2.35. The Morgan fingerprint density at radius 1 is 1.21 bits per heavy atom. The summed E-state index contributed by atoms with van der Waals surface area (Å²) in [5.74, 6) is 4.62.